The molecule has 4 heteroatoms. The number of benzene rings is 7. The number of aliphatic imine (C=N–C) groups is 1. The van der Waals surface area contributed by atoms with E-state index in [0.29, 0.717) is 0 Å². The summed E-state index contributed by atoms with van der Waals surface area (Å²) in [5.74, 6) is 1.89. The molecule has 0 radical (unpaired) electrons. The third kappa shape index (κ3) is 4.20. The Hall–Kier alpha value is -6.10. The molecule has 1 aliphatic heterocycles. The van der Waals surface area contributed by atoms with Crippen LogP contribution in [0.25, 0.3) is 58.8 Å². The summed E-state index contributed by atoms with van der Waals surface area (Å²) in [4.78, 5) is 5.16. The number of rotatable bonds is 5. The Morgan fingerprint density at radius 2 is 1.12 bits per heavy atom. The van der Waals surface area contributed by atoms with Gasteiger partial charge in [-0.1, -0.05) is 108 Å². The van der Waals surface area contributed by atoms with Gasteiger partial charge >= 0.3 is 0 Å². The van der Waals surface area contributed by atoms with Crippen molar-refractivity contribution < 1.29 is 4.58 Å². The number of thiophene rings is 1. The number of amidine groups is 2. The molecule has 0 amide bonds. The first-order chi connectivity index (χ1) is 23.8. The van der Waals surface area contributed by atoms with E-state index in [0.717, 1.165) is 34.2 Å². The van der Waals surface area contributed by atoms with Gasteiger partial charge in [-0.3, -0.25) is 0 Å². The van der Waals surface area contributed by atoms with E-state index in [1.54, 1.807) is 0 Å². The first-order valence-corrected chi connectivity index (χ1v) is 17.0. The molecule has 7 aromatic carbocycles. The van der Waals surface area contributed by atoms with Crippen molar-refractivity contribution in [2.45, 2.75) is 0 Å². The molecule has 9 aromatic rings. The normalized spacial score (nSPS) is 13.0. The fourth-order valence-electron chi connectivity index (χ4n) is 7.18. The van der Waals surface area contributed by atoms with Crippen LogP contribution in [0.1, 0.15) is 11.1 Å². The Morgan fingerprint density at radius 1 is 0.438 bits per heavy atom. The Balaban J connectivity index is 1.17. The Labute approximate surface area is 281 Å². The average molecular weight is 631 g/mol. The van der Waals surface area contributed by atoms with Crippen LogP contribution in [-0.4, -0.2) is 20.8 Å². The van der Waals surface area contributed by atoms with E-state index in [1.165, 1.54) is 53.1 Å². The maximum atomic E-state index is 5.16. The van der Waals surface area contributed by atoms with E-state index >= 15 is 0 Å². The number of hydrogen-bond acceptors (Lipinski definition) is 2. The maximum Gasteiger partial charge on any atom is 0.279 e. The minimum atomic E-state index is 0.942. The molecule has 224 valence electrons. The predicted octanol–water partition coefficient (Wildman–Crippen LogP) is 11.4. The highest BCUT2D eigenvalue weighted by molar-refractivity contribution is 7.25. The Kier molecular flexibility index (Phi) is 6.05. The van der Waals surface area contributed by atoms with Gasteiger partial charge in [0.25, 0.3) is 11.7 Å². The van der Waals surface area contributed by atoms with Gasteiger partial charge in [0.1, 0.15) is 5.69 Å². The summed E-state index contributed by atoms with van der Waals surface area (Å²) in [6, 6.07) is 60.9. The minimum absolute atomic E-state index is 0.942. The van der Waals surface area contributed by atoms with Crippen LogP contribution in [-0.2, 0) is 0 Å². The summed E-state index contributed by atoms with van der Waals surface area (Å²) in [6.07, 6.45) is 0. The first kappa shape index (κ1) is 27.1. The molecule has 3 nitrogen and oxygen atoms in total. The zero-order valence-corrected chi connectivity index (χ0v) is 26.7. The highest BCUT2D eigenvalue weighted by atomic mass is 32.1. The summed E-state index contributed by atoms with van der Waals surface area (Å²) in [5.41, 5.74) is 9.16. The van der Waals surface area contributed by atoms with Gasteiger partial charge in [0.05, 0.1) is 22.2 Å². The van der Waals surface area contributed by atoms with Gasteiger partial charge in [-0.15, -0.1) is 11.3 Å². The van der Waals surface area contributed by atoms with Crippen molar-refractivity contribution in [2.75, 3.05) is 0 Å². The van der Waals surface area contributed by atoms with Crippen LogP contribution >= 0.6 is 11.3 Å². The van der Waals surface area contributed by atoms with Crippen LogP contribution in [0.5, 0.6) is 0 Å². The van der Waals surface area contributed by atoms with Crippen molar-refractivity contribution in [2.24, 2.45) is 4.99 Å². The zero-order valence-electron chi connectivity index (χ0n) is 25.9. The highest BCUT2D eigenvalue weighted by Crippen LogP contribution is 2.41. The van der Waals surface area contributed by atoms with Gasteiger partial charge in [0, 0.05) is 42.7 Å². The topological polar surface area (TPSA) is 20.3 Å². The second kappa shape index (κ2) is 10.7. The molecule has 2 aromatic heterocycles. The largest absolute Gasteiger partial charge is 0.309 e. The molecule has 10 rings (SSSR count). The van der Waals surface area contributed by atoms with Crippen molar-refractivity contribution in [1.29, 1.82) is 0 Å². The van der Waals surface area contributed by atoms with E-state index < -0.39 is 0 Å². The van der Waals surface area contributed by atoms with Crippen molar-refractivity contribution in [3.63, 3.8) is 0 Å². The molecular formula is C44H28N3S+. The number of fused-ring (bicyclic) bond motifs is 6. The van der Waals surface area contributed by atoms with Gasteiger partial charge in [-0.05, 0) is 71.8 Å². The summed E-state index contributed by atoms with van der Waals surface area (Å²) < 4.78 is 7.38. The first-order valence-electron chi connectivity index (χ1n) is 16.2. The lowest BCUT2D eigenvalue weighted by atomic mass is 10.0. The summed E-state index contributed by atoms with van der Waals surface area (Å²) in [7, 11) is 0. The quantitative estimate of drug-likeness (QED) is 0.169. The summed E-state index contributed by atoms with van der Waals surface area (Å²) >= 11 is 1.87. The van der Waals surface area contributed by atoms with E-state index in [2.05, 4.69) is 179 Å². The van der Waals surface area contributed by atoms with Gasteiger partial charge in [-0.25, -0.2) is 0 Å². The molecule has 0 saturated heterocycles. The molecule has 1 aliphatic rings. The van der Waals surface area contributed by atoms with Gasteiger partial charge in [-0.2, -0.15) is 4.58 Å². The second-order valence-electron chi connectivity index (χ2n) is 12.2. The third-order valence-electron chi connectivity index (χ3n) is 9.41. The molecule has 0 bridgehead atoms. The summed E-state index contributed by atoms with van der Waals surface area (Å²) in [5, 5.41) is 5.15. The highest BCUT2D eigenvalue weighted by Gasteiger charge is 2.33. The molecule has 0 fully saturated rings. The van der Waals surface area contributed by atoms with Crippen LogP contribution in [0.2, 0.25) is 0 Å². The zero-order chi connectivity index (χ0) is 31.6. The standard InChI is InChI=1S/C44H28N3S/c1-3-13-29(14-4-1)31-17-11-18-32(25-31)44-45-43(30-15-5-2-6-16-30)47(44)34-20-12-19-33(26-34)46-39-23-9-7-21-35(39)37-28-42-38(27-40(37)46)36-22-8-10-24-41(36)48-42/h1-28H/q+1. The molecule has 0 saturated carbocycles. The lowest BCUT2D eigenvalue weighted by Crippen LogP contribution is -2.34. The second-order valence-corrected chi connectivity index (χ2v) is 13.3. The van der Waals surface area contributed by atoms with Gasteiger partial charge < -0.3 is 4.57 Å². The fourth-order valence-corrected chi connectivity index (χ4v) is 8.31. The number of nitrogens with zero attached hydrogens (tertiary/aromatic N) is 3. The Bertz CT molecular complexity index is 2770. The van der Waals surface area contributed by atoms with Crippen molar-refractivity contribution >= 4 is 70.7 Å². The number of para-hydroxylation sites is 1. The van der Waals surface area contributed by atoms with E-state index in [4.69, 9.17) is 4.99 Å². The van der Waals surface area contributed by atoms with Crippen molar-refractivity contribution in [3.05, 3.63) is 181 Å². The van der Waals surface area contributed by atoms with Crippen molar-refractivity contribution in [1.82, 2.24) is 4.57 Å². The van der Waals surface area contributed by atoms with E-state index in [1.807, 2.05) is 11.3 Å². The van der Waals surface area contributed by atoms with E-state index in [9.17, 15) is 0 Å². The lowest BCUT2D eigenvalue weighted by molar-refractivity contribution is -0.319. The van der Waals surface area contributed by atoms with E-state index in [-0.39, 0.29) is 0 Å². The van der Waals surface area contributed by atoms with Gasteiger partial charge in [0.15, 0.2) is 0 Å². The fraction of sp³-hybridized carbons (Fsp3) is 0. The lowest BCUT2D eigenvalue weighted by Gasteiger charge is -2.20. The molecule has 0 unspecified atom stereocenters. The molecule has 0 atom stereocenters. The SMILES string of the molecule is c1ccc(C2=[N+](c3cccc(-n4c5ccccc5c5cc6sc7ccccc7c6cc54)c3)C(c3cccc(-c4ccccc4)c3)=N2)cc1. The Morgan fingerprint density at radius 3 is 1.98 bits per heavy atom. The maximum absolute atomic E-state index is 5.16. The summed E-state index contributed by atoms with van der Waals surface area (Å²) in [6.45, 7) is 0. The third-order valence-corrected chi connectivity index (χ3v) is 10.5. The van der Waals surface area contributed by atoms with Crippen LogP contribution in [0.3, 0.4) is 0 Å². The molecule has 48 heavy (non-hydrogen) atoms. The smallest absolute Gasteiger partial charge is 0.279 e. The minimum Gasteiger partial charge on any atom is -0.309 e. The van der Waals surface area contributed by atoms with Crippen LogP contribution in [0.15, 0.2) is 175 Å². The molecule has 0 aliphatic carbocycles. The average Bonchev–Trinajstić information content (AvgIpc) is 3.66. The van der Waals surface area contributed by atoms with Crippen molar-refractivity contribution in [3.8, 4) is 16.8 Å². The van der Waals surface area contributed by atoms with Crippen LogP contribution < -0.4 is 0 Å². The number of aromatic nitrogens is 1. The molecule has 3 heterocycles. The predicted molar refractivity (Wildman–Crippen MR) is 203 cm³/mol. The van der Waals surface area contributed by atoms with Gasteiger partial charge in [0.2, 0.25) is 0 Å². The van der Waals surface area contributed by atoms with Crippen LogP contribution in [0, 0.1) is 0 Å². The van der Waals surface area contributed by atoms with Crippen LogP contribution in [0.4, 0.5) is 5.69 Å². The molecule has 0 N–H and O–H groups in total. The molecule has 0 spiro atoms. The number of hydrogen-bond donors (Lipinski definition) is 0. The monoisotopic (exact) mass is 630 g/mol. The molecular weight excluding hydrogens is 603 g/mol.